The first kappa shape index (κ1) is 15.9. The average Bonchev–Trinajstić information content (AvgIpc) is 2.50. The lowest BCUT2D eigenvalue weighted by Gasteiger charge is -2.09. The van der Waals surface area contributed by atoms with E-state index in [1.807, 2.05) is 31.3 Å². The number of nitrogens with one attached hydrogen (secondary N) is 1. The maximum absolute atomic E-state index is 12.0. The number of aryl methyl sites for hydroxylation is 2. The summed E-state index contributed by atoms with van der Waals surface area (Å²) in [4.78, 5) is 27.5. The fourth-order valence-electron chi connectivity index (χ4n) is 2.19. The van der Waals surface area contributed by atoms with Crippen LogP contribution in [0.5, 0.6) is 0 Å². The summed E-state index contributed by atoms with van der Waals surface area (Å²) in [6, 6.07) is 9.26. The lowest BCUT2D eigenvalue weighted by atomic mass is 10.1. The van der Waals surface area contributed by atoms with Gasteiger partial charge >= 0.3 is 0 Å². The minimum atomic E-state index is -0.0345. The van der Waals surface area contributed by atoms with E-state index in [9.17, 15) is 9.59 Å². The van der Waals surface area contributed by atoms with E-state index < -0.39 is 0 Å². The van der Waals surface area contributed by atoms with Gasteiger partial charge in [0.25, 0.3) is 0 Å². The second-order valence-corrected chi connectivity index (χ2v) is 5.35. The second-order valence-electron chi connectivity index (χ2n) is 5.35. The van der Waals surface area contributed by atoms with E-state index in [4.69, 9.17) is 0 Å². The van der Waals surface area contributed by atoms with Gasteiger partial charge in [-0.25, -0.2) is 0 Å². The number of hydrogen-bond acceptors (Lipinski definition) is 3. The lowest BCUT2D eigenvalue weighted by Crippen LogP contribution is -2.13. The number of carbonyl (C=O) groups is 2. The molecule has 0 fully saturated rings. The number of anilines is 1. The van der Waals surface area contributed by atoms with Gasteiger partial charge < -0.3 is 5.32 Å². The number of rotatable bonds is 6. The molecule has 0 aliphatic carbocycles. The van der Waals surface area contributed by atoms with Crippen LogP contribution in [0.4, 0.5) is 5.69 Å². The topological polar surface area (TPSA) is 59.1 Å². The highest BCUT2D eigenvalue weighted by atomic mass is 16.1. The zero-order valence-electron chi connectivity index (χ0n) is 12.9. The monoisotopic (exact) mass is 296 g/mol. The first-order valence-electron chi connectivity index (χ1n) is 7.36. The van der Waals surface area contributed by atoms with Crippen LogP contribution in [0.25, 0.3) is 0 Å². The molecule has 0 spiro atoms. The summed E-state index contributed by atoms with van der Waals surface area (Å²) in [5.74, 6) is -0.0419. The zero-order valence-corrected chi connectivity index (χ0v) is 12.9. The van der Waals surface area contributed by atoms with Crippen LogP contribution in [0.3, 0.4) is 0 Å². The molecule has 1 amide bonds. The first-order chi connectivity index (χ1) is 10.6. The van der Waals surface area contributed by atoms with Crippen LogP contribution in [0.15, 0.2) is 42.7 Å². The van der Waals surface area contributed by atoms with Gasteiger partial charge in [-0.2, -0.15) is 0 Å². The molecule has 0 atom stereocenters. The van der Waals surface area contributed by atoms with Gasteiger partial charge in [0.05, 0.1) is 0 Å². The molecule has 0 aliphatic heterocycles. The fourth-order valence-corrected chi connectivity index (χ4v) is 2.19. The number of benzene rings is 1. The second kappa shape index (κ2) is 7.50. The van der Waals surface area contributed by atoms with Gasteiger partial charge in [0.1, 0.15) is 0 Å². The highest BCUT2D eigenvalue weighted by Gasteiger charge is 2.08. The number of Topliss-reactive ketones (excluding diaryl/α,β-unsaturated/α-hetero) is 1. The van der Waals surface area contributed by atoms with Crippen LogP contribution in [0, 0.1) is 6.92 Å². The molecule has 2 aromatic rings. The molecular weight excluding hydrogens is 276 g/mol. The minimum absolute atomic E-state index is 0.00734. The number of amides is 1. The van der Waals surface area contributed by atoms with Gasteiger partial charge in [-0.05, 0) is 49.9 Å². The van der Waals surface area contributed by atoms with E-state index in [1.165, 1.54) is 6.92 Å². The molecule has 0 bridgehead atoms. The van der Waals surface area contributed by atoms with Crippen molar-refractivity contribution in [2.75, 3.05) is 5.32 Å². The third kappa shape index (κ3) is 4.52. The van der Waals surface area contributed by atoms with Crippen molar-refractivity contribution >= 4 is 17.4 Å². The summed E-state index contributed by atoms with van der Waals surface area (Å²) < 4.78 is 0. The molecule has 0 aliphatic rings. The zero-order chi connectivity index (χ0) is 15.9. The third-order valence-corrected chi connectivity index (χ3v) is 3.51. The van der Waals surface area contributed by atoms with Gasteiger partial charge in [-0.15, -0.1) is 0 Å². The number of carbonyl (C=O) groups excluding carboxylic acids is 2. The van der Waals surface area contributed by atoms with E-state index in [2.05, 4.69) is 10.3 Å². The Morgan fingerprint density at radius 2 is 2.05 bits per heavy atom. The van der Waals surface area contributed by atoms with E-state index >= 15 is 0 Å². The summed E-state index contributed by atoms with van der Waals surface area (Å²) in [6.07, 6.45) is 5.59. The van der Waals surface area contributed by atoms with E-state index in [1.54, 1.807) is 18.3 Å². The number of hydrogen-bond donors (Lipinski definition) is 1. The Balaban J connectivity index is 1.89. The molecule has 2 rings (SSSR count). The predicted molar refractivity (Wildman–Crippen MR) is 87.0 cm³/mol. The maximum atomic E-state index is 12.0. The number of aromatic nitrogens is 1. The molecule has 0 saturated carbocycles. The molecule has 114 valence electrons. The summed E-state index contributed by atoms with van der Waals surface area (Å²) in [5.41, 5.74) is 3.39. The highest BCUT2D eigenvalue weighted by Crippen LogP contribution is 2.18. The standard InChI is InChI=1S/C18H20N2O2/c1-13-8-9-16(14(2)21)11-17(13)20-18(22)7-3-5-15-6-4-10-19-12-15/h4,6,8-12H,3,5,7H2,1-2H3,(H,20,22). The molecule has 0 saturated heterocycles. The molecule has 4 nitrogen and oxygen atoms in total. The van der Waals surface area contributed by atoms with Crippen LogP contribution in [0.2, 0.25) is 0 Å². The van der Waals surface area contributed by atoms with Crippen LogP contribution in [-0.2, 0) is 11.2 Å². The molecular formula is C18H20N2O2. The summed E-state index contributed by atoms with van der Waals surface area (Å²) in [6.45, 7) is 3.43. The van der Waals surface area contributed by atoms with Crippen molar-refractivity contribution in [1.82, 2.24) is 4.98 Å². The van der Waals surface area contributed by atoms with Crippen LogP contribution >= 0.6 is 0 Å². The van der Waals surface area contributed by atoms with Crippen LogP contribution in [-0.4, -0.2) is 16.7 Å². The SMILES string of the molecule is CC(=O)c1ccc(C)c(NC(=O)CCCc2cccnc2)c1. The fraction of sp³-hybridized carbons (Fsp3) is 0.278. The smallest absolute Gasteiger partial charge is 0.224 e. The number of nitrogens with zero attached hydrogens (tertiary/aromatic N) is 1. The summed E-state index contributed by atoms with van der Waals surface area (Å²) in [5, 5.41) is 2.88. The minimum Gasteiger partial charge on any atom is -0.326 e. The van der Waals surface area contributed by atoms with Crippen molar-refractivity contribution in [1.29, 1.82) is 0 Å². The van der Waals surface area contributed by atoms with E-state index in [0.29, 0.717) is 17.7 Å². The quantitative estimate of drug-likeness (QED) is 0.829. The number of ketones is 1. The van der Waals surface area contributed by atoms with Crippen molar-refractivity contribution in [2.45, 2.75) is 33.1 Å². The Morgan fingerprint density at radius 1 is 1.23 bits per heavy atom. The van der Waals surface area contributed by atoms with E-state index in [-0.39, 0.29) is 11.7 Å². The third-order valence-electron chi connectivity index (χ3n) is 3.51. The van der Waals surface area contributed by atoms with Crippen LogP contribution < -0.4 is 5.32 Å². The Hall–Kier alpha value is -2.49. The lowest BCUT2D eigenvalue weighted by molar-refractivity contribution is -0.116. The summed E-state index contributed by atoms with van der Waals surface area (Å²) in [7, 11) is 0. The molecule has 0 unspecified atom stereocenters. The highest BCUT2D eigenvalue weighted by molar-refractivity contribution is 5.97. The molecule has 1 aromatic carbocycles. The van der Waals surface area contributed by atoms with Gasteiger partial charge in [0.2, 0.25) is 5.91 Å². The van der Waals surface area contributed by atoms with Crippen molar-refractivity contribution in [3.05, 3.63) is 59.4 Å². The van der Waals surface area contributed by atoms with Gasteiger partial charge in [0.15, 0.2) is 5.78 Å². The Labute approximate surface area is 130 Å². The van der Waals surface area contributed by atoms with Crippen molar-refractivity contribution in [3.63, 3.8) is 0 Å². The predicted octanol–water partition coefficient (Wildman–Crippen LogP) is 3.55. The van der Waals surface area contributed by atoms with Gasteiger partial charge in [0, 0.05) is 30.1 Å². The Kier molecular flexibility index (Phi) is 5.42. The summed E-state index contributed by atoms with van der Waals surface area (Å²) >= 11 is 0. The molecule has 0 radical (unpaired) electrons. The molecule has 4 heteroatoms. The number of pyridine rings is 1. The van der Waals surface area contributed by atoms with Gasteiger partial charge in [-0.3, -0.25) is 14.6 Å². The van der Waals surface area contributed by atoms with E-state index in [0.717, 1.165) is 24.0 Å². The molecule has 1 aromatic heterocycles. The average molecular weight is 296 g/mol. The van der Waals surface area contributed by atoms with Crippen molar-refractivity contribution in [2.24, 2.45) is 0 Å². The Morgan fingerprint density at radius 3 is 2.73 bits per heavy atom. The Bertz CT molecular complexity index is 666. The van der Waals surface area contributed by atoms with Crippen molar-refractivity contribution < 1.29 is 9.59 Å². The first-order valence-corrected chi connectivity index (χ1v) is 7.36. The molecule has 22 heavy (non-hydrogen) atoms. The maximum Gasteiger partial charge on any atom is 0.224 e. The van der Waals surface area contributed by atoms with Crippen molar-refractivity contribution in [3.8, 4) is 0 Å². The normalized spacial score (nSPS) is 10.3. The largest absolute Gasteiger partial charge is 0.326 e. The van der Waals surface area contributed by atoms with Crippen LogP contribution in [0.1, 0.15) is 41.3 Å². The van der Waals surface area contributed by atoms with Gasteiger partial charge in [-0.1, -0.05) is 18.2 Å². The molecule has 1 heterocycles. The molecule has 1 N–H and O–H groups in total.